The third-order valence-electron chi connectivity index (χ3n) is 4.06. The molecular formula is C14H20N7O3+. The molecule has 1 fully saturated rings. The SMILES string of the molecule is CCCN1C(=O)C2C(=NC3=[N+]2CC(C)=NN3CC(N)=O)N(C)C1=O. The van der Waals surface area contributed by atoms with E-state index in [0.29, 0.717) is 31.3 Å². The third kappa shape index (κ3) is 2.34. The molecule has 2 N–H and O–H groups in total. The summed E-state index contributed by atoms with van der Waals surface area (Å²) >= 11 is 0. The molecule has 10 heteroatoms. The molecule has 1 saturated heterocycles. The number of hydrogen-bond acceptors (Lipinski definition) is 6. The first-order valence-corrected chi connectivity index (χ1v) is 7.76. The number of imide groups is 1. The molecule has 128 valence electrons. The molecule has 1 atom stereocenters. The number of amidine groups is 1. The monoisotopic (exact) mass is 334 g/mol. The number of hydrazone groups is 1. The van der Waals surface area contributed by atoms with Crippen LogP contribution >= 0.6 is 0 Å². The van der Waals surface area contributed by atoms with Gasteiger partial charge in [-0.15, -0.1) is 10.1 Å². The molecule has 1 unspecified atom stereocenters. The number of fused-ring (bicyclic) bond motifs is 2. The van der Waals surface area contributed by atoms with Crippen LogP contribution in [0.4, 0.5) is 4.79 Å². The Kier molecular flexibility index (Phi) is 3.82. The molecule has 0 radical (unpaired) electrons. The summed E-state index contributed by atoms with van der Waals surface area (Å²) in [7, 11) is 1.59. The molecule has 24 heavy (non-hydrogen) atoms. The Morgan fingerprint density at radius 1 is 1.42 bits per heavy atom. The largest absolute Gasteiger partial charge is 0.417 e. The predicted molar refractivity (Wildman–Crippen MR) is 85.5 cm³/mol. The average molecular weight is 334 g/mol. The van der Waals surface area contributed by atoms with Crippen LogP contribution in [0.5, 0.6) is 0 Å². The fourth-order valence-corrected chi connectivity index (χ4v) is 3.09. The summed E-state index contributed by atoms with van der Waals surface area (Å²) in [5.74, 6) is -0.140. The lowest BCUT2D eigenvalue weighted by atomic mass is 10.1. The van der Waals surface area contributed by atoms with E-state index in [9.17, 15) is 14.4 Å². The van der Waals surface area contributed by atoms with Crippen LogP contribution in [0.3, 0.4) is 0 Å². The second-order valence-electron chi connectivity index (χ2n) is 5.99. The van der Waals surface area contributed by atoms with E-state index >= 15 is 0 Å². The van der Waals surface area contributed by atoms with Crippen LogP contribution in [-0.2, 0) is 9.59 Å². The summed E-state index contributed by atoms with van der Waals surface area (Å²) in [6.45, 7) is 4.32. The third-order valence-corrected chi connectivity index (χ3v) is 4.06. The van der Waals surface area contributed by atoms with Gasteiger partial charge in [-0.2, -0.15) is 0 Å². The molecule has 0 spiro atoms. The van der Waals surface area contributed by atoms with E-state index in [4.69, 9.17) is 5.73 Å². The van der Waals surface area contributed by atoms with Gasteiger partial charge in [0.15, 0.2) is 6.54 Å². The molecule has 0 aromatic carbocycles. The number of hydrogen-bond donors (Lipinski definition) is 1. The van der Waals surface area contributed by atoms with Crippen molar-refractivity contribution >= 4 is 35.4 Å². The molecular weight excluding hydrogens is 314 g/mol. The van der Waals surface area contributed by atoms with Crippen LogP contribution in [-0.4, -0.2) is 87.5 Å². The second kappa shape index (κ2) is 5.69. The normalized spacial score (nSPS) is 23.3. The standard InChI is InChI=1S/C14H19N7O3/c1-4-5-19-12(23)10-11(18(3)14(19)24)16-13-20(10)6-8(2)17-21(13)7-9(15)22/h10H,4-7H2,1-3H3,(H-,15,22)/p+1. The number of nitrogens with zero attached hydrogens (tertiary/aromatic N) is 6. The fourth-order valence-electron chi connectivity index (χ4n) is 3.09. The van der Waals surface area contributed by atoms with Crippen LogP contribution in [0.2, 0.25) is 0 Å². The highest BCUT2D eigenvalue weighted by molar-refractivity contribution is 6.23. The lowest BCUT2D eigenvalue weighted by Gasteiger charge is -2.34. The lowest BCUT2D eigenvalue weighted by molar-refractivity contribution is -0.527. The van der Waals surface area contributed by atoms with Crippen molar-refractivity contribution in [1.82, 2.24) is 14.8 Å². The number of rotatable bonds is 4. The summed E-state index contributed by atoms with van der Waals surface area (Å²) in [4.78, 5) is 43.6. The second-order valence-corrected chi connectivity index (χ2v) is 5.99. The van der Waals surface area contributed by atoms with Crippen LogP contribution < -0.4 is 5.73 Å². The van der Waals surface area contributed by atoms with Gasteiger partial charge in [0.2, 0.25) is 11.9 Å². The zero-order chi connectivity index (χ0) is 17.6. The van der Waals surface area contributed by atoms with Crippen molar-refractivity contribution in [3.8, 4) is 0 Å². The Hall–Kier alpha value is -2.78. The van der Waals surface area contributed by atoms with Crippen molar-refractivity contribution in [2.75, 3.05) is 26.7 Å². The molecule has 0 aromatic heterocycles. The number of primary amides is 1. The average Bonchev–Trinajstić information content (AvgIpc) is 2.88. The molecule has 3 rings (SSSR count). The summed E-state index contributed by atoms with van der Waals surface area (Å²) in [6.07, 6.45) is 0.676. The van der Waals surface area contributed by atoms with Gasteiger partial charge in [0.05, 0.1) is 5.71 Å². The highest BCUT2D eigenvalue weighted by Crippen LogP contribution is 2.22. The molecule has 3 aliphatic rings. The Morgan fingerprint density at radius 3 is 2.75 bits per heavy atom. The van der Waals surface area contributed by atoms with Crippen molar-refractivity contribution in [2.24, 2.45) is 15.8 Å². The Bertz CT molecular complexity index is 724. The number of likely N-dealkylation sites (N-methyl/N-ethyl adjacent to an activating group) is 1. The maximum Gasteiger partial charge on any atom is 0.417 e. The Labute approximate surface area is 138 Å². The van der Waals surface area contributed by atoms with Crippen molar-refractivity contribution in [1.29, 1.82) is 0 Å². The van der Waals surface area contributed by atoms with Crippen LogP contribution in [0, 0.1) is 0 Å². The van der Waals surface area contributed by atoms with Crippen molar-refractivity contribution in [3.05, 3.63) is 0 Å². The molecule has 0 bridgehead atoms. The van der Waals surface area contributed by atoms with Crippen molar-refractivity contribution in [2.45, 2.75) is 26.3 Å². The predicted octanol–water partition coefficient (Wildman–Crippen LogP) is -1.38. The van der Waals surface area contributed by atoms with Crippen LogP contribution in [0.1, 0.15) is 20.3 Å². The van der Waals surface area contributed by atoms with Crippen LogP contribution in [0.25, 0.3) is 0 Å². The zero-order valence-electron chi connectivity index (χ0n) is 13.9. The number of guanidine groups is 1. The van der Waals surface area contributed by atoms with E-state index in [1.54, 1.807) is 18.5 Å². The highest BCUT2D eigenvalue weighted by Gasteiger charge is 2.54. The van der Waals surface area contributed by atoms with E-state index in [1.807, 2.05) is 6.92 Å². The Balaban J connectivity index is 2.02. The minimum absolute atomic E-state index is 0.142. The van der Waals surface area contributed by atoms with E-state index in [0.717, 1.165) is 5.71 Å². The quantitative estimate of drug-likeness (QED) is 0.638. The lowest BCUT2D eigenvalue weighted by Crippen LogP contribution is -2.63. The number of nitrogens with two attached hydrogens (primary N) is 1. The first-order valence-electron chi connectivity index (χ1n) is 7.76. The number of urea groups is 1. The van der Waals surface area contributed by atoms with Gasteiger partial charge < -0.3 is 5.73 Å². The topological polar surface area (TPSA) is 115 Å². The van der Waals surface area contributed by atoms with E-state index in [-0.39, 0.29) is 12.5 Å². The van der Waals surface area contributed by atoms with E-state index in [1.165, 1.54) is 14.8 Å². The summed E-state index contributed by atoms with van der Waals surface area (Å²) in [5, 5.41) is 5.66. The maximum atomic E-state index is 12.8. The van der Waals surface area contributed by atoms with Gasteiger partial charge in [-0.3, -0.25) is 19.4 Å². The maximum absolute atomic E-state index is 12.8. The molecule has 0 aliphatic carbocycles. The number of carbonyl (C=O) groups excluding carboxylic acids is 3. The molecule has 3 heterocycles. The highest BCUT2D eigenvalue weighted by atomic mass is 16.2. The molecule has 10 nitrogen and oxygen atoms in total. The number of amides is 4. The molecule has 4 amide bonds. The van der Waals surface area contributed by atoms with Gasteiger partial charge in [-0.25, -0.2) is 9.37 Å². The zero-order valence-corrected chi connectivity index (χ0v) is 13.9. The van der Waals surface area contributed by atoms with E-state index in [2.05, 4.69) is 10.1 Å². The smallest absolute Gasteiger partial charge is 0.367 e. The Morgan fingerprint density at radius 2 is 2.12 bits per heavy atom. The molecule has 0 aromatic rings. The number of aliphatic imine (C=N–C) groups is 1. The van der Waals surface area contributed by atoms with Crippen LogP contribution in [0.15, 0.2) is 10.1 Å². The van der Waals surface area contributed by atoms with Gasteiger partial charge in [0, 0.05) is 13.6 Å². The van der Waals surface area contributed by atoms with Gasteiger partial charge >= 0.3 is 12.0 Å². The first-order chi connectivity index (χ1) is 11.3. The van der Waals surface area contributed by atoms with Gasteiger partial charge in [0.25, 0.3) is 11.8 Å². The minimum Gasteiger partial charge on any atom is -0.367 e. The van der Waals surface area contributed by atoms with E-state index < -0.39 is 18.0 Å². The van der Waals surface area contributed by atoms with Crippen molar-refractivity contribution < 1.29 is 19.0 Å². The van der Waals surface area contributed by atoms with Gasteiger partial charge in [0.1, 0.15) is 6.54 Å². The minimum atomic E-state index is -0.685. The molecule has 0 saturated carbocycles. The van der Waals surface area contributed by atoms with Crippen molar-refractivity contribution in [3.63, 3.8) is 0 Å². The molecule has 3 aliphatic heterocycles. The summed E-state index contributed by atoms with van der Waals surface area (Å²) < 4.78 is 1.76. The first kappa shape index (κ1) is 16.1. The van der Waals surface area contributed by atoms with Gasteiger partial charge in [-0.1, -0.05) is 11.9 Å². The fraction of sp³-hybridized carbons (Fsp3) is 0.571. The number of carbonyl (C=O) groups is 3. The van der Waals surface area contributed by atoms with Gasteiger partial charge in [-0.05, 0) is 13.3 Å². The summed E-state index contributed by atoms with van der Waals surface area (Å²) in [5.41, 5.74) is 5.99. The summed E-state index contributed by atoms with van der Waals surface area (Å²) in [6, 6.07) is -1.08.